The maximum absolute atomic E-state index is 12.5. The first-order valence-electron chi connectivity index (χ1n) is 6.61. The highest BCUT2D eigenvalue weighted by molar-refractivity contribution is 6.43. The van der Waals surface area contributed by atoms with E-state index >= 15 is 0 Å². The lowest BCUT2D eigenvalue weighted by molar-refractivity contribution is -0.274. The molecule has 1 heterocycles. The number of carboxylic acid groups (broad SMARTS) is 2. The molecule has 144 valence electrons. The van der Waals surface area contributed by atoms with Crippen molar-refractivity contribution in [3.8, 4) is 16.9 Å². The number of aromatic amines is 1. The van der Waals surface area contributed by atoms with E-state index in [0.717, 1.165) is 6.07 Å². The molecular formula is C14H7Cl2F3N2O6. The third-order valence-corrected chi connectivity index (χ3v) is 3.97. The first-order chi connectivity index (χ1) is 12.3. The fourth-order valence-corrected chi connectivity index (χ4v) is 2.60. The van der Waals surface area contributed by atoms with E-state index in [1.54, 1.807) is 0 Å². The molecule has 0 unspecified atom stereocenters. The third-order valence-electron chi connectivity index (χ3n) is 3.18. The van der Waals surface area contributed by atoms with Gasteiger partial charge in [-0.15, -0.1) is 13.2 Å². The van der Waals surface area contributed by atoms with Gasteiger partial charge in [0.25, 0.3) is 5.56 Å². The predicted octanol–water partition coefficient (Wildman–Crippen LogP) is 3.23. The number of anilines is 1. The van der Waals surface area contributed by atoms with Gasteiger partial charge in [0, 0.05) is 5.56 Å². The number of carboxylic acids is 2. The molecule has 8 nitrogen and oxygen atoms in total. The lowest BCUT2D eigenvalue weighted by Gasteiger charge is -2.16. The van der Waals surface area contributed by atoms with Gasteiger partial charge >= 0.3 is 18.3 Å². The van der Waals surface area contributed by atoms with Crippen LogP contribution in [0.2, 0.25) is 10.0 Å². The minimum atomic E-state index is -5.18. The average molecular weight is 427 g/mol. The van der Waals surface area contributed by atoms with Crippen LogP contribution in [0.1, 0.15) is 20.7 Å². The van der Waals surface area contributed by atoms with Crippen LogP contribution in [0.15, 0.2) is 16.9 Å². The van der Waals surface area contributed by atoms with Crippen LogP contribution in [0.3, 0.4) is 0 Å². The van der Waals surface area contributed by atoms with Crippen molar-refractivity contribution in [3.63, 3.8) is 0 Å². The van der Waals surface area contributed by atoms with Gasteiger partial charge in [-0.05, 0) is 17.7 Å². The van der Waals surface area contributed by atoms with E-state index in [9.17, 15) is 37.8 Å². The van der Waals surface area contributed by atoms with Crippen LogP contribution in [-0.2, 0) is 0 Å². The van der Waals surface area contributed by atoms with Gasteiger partial charge in [-0.2, -0.15) is 0 Å². The van der Waals surface area contributed by atoms with E-state index in [1.165, 1.54) is 0 Å². The molecule has 0 aliphatic carbocycles. The number of carbonyl (C=O) groups is 2. The zero-order valence-electron chi connectivity index (χ0n) is 12.6. The number of aromatic carboxylic acids is 2. The minimum absolute atomic E-state index is 0.490. The molecule has 0 amide bonds. The number of ether oxygens (including phenoxy) is 1. The summed E-state index contributed by atoms with van der Waals surface area (Å²) in [6.45, 7) is 0. The first-order valence-corrected chi connectivity index (χ1v) is 7.36. The van der Waals surface area contributed by atoms with Gasteiger partial charge < -0.3 is 25.7 Å². The number of aromatic nitrogens is 1. The van der Waals surface area contributed by atoms with Gasteiger partial charge in [0.15, 0.2) is 0 Å². The van der Waals surface area contributed by atoms with Gasteiger partial charge in [0.2, 0.25) is 0 Å². The maximum atomic E-state index is 12.5. The molecule has 0 radical (unpaired) electrons. The summed E-state index contributed by atoms with van der Waals surface area (Å²) in [4.78, 5) is 36.7. The summed E-state index contributed by atoms with van der Waals surface area (Å²) in [5, 5.41) is 17.4. The zero-order valence-corrected chi connectivity index (χ0v) is 14.2. The zero-order chi connectivity index (χ0) is 20.7. The van der Waals surface area contributed by atoms with E-state index in [0.29, 0.717) is 6.07 Å². The fraction of sp³-hybridized carbons (Fsp3) is 0.0714. The molecule has 2 aromatic rings. The largest absolute Gasteiger partial charge is 0.573 e. The van der Waals surface area contributed by atoms with Crippen molar-refractivity contribution < 1.29 is 37.7 Å². The van der Waals surface area contributed by atoms with Crippen molar-refractivity contribution in [2.24, 2.45) is 0 Å². The van der Waals surface area contributed by atoms with Gasteiger partial charge in [-0.25, -0.2) is 9.59 Å². The van der Waals surface area contributed by atoms with Crippen molar-refractivity contribution in [2.45, 2.75) is 6.36 Å². The second-order valence-corrected chi connectivity index (χ2v) is 5.71. The summed E-state index contributed by atoms with van der Waals surface area (Å²) in [5.41, 5.74) is 0.983. The summed E-state index contributed by atoms with van der Waals surface area (Å²) in [5.74, 6) is -5.33. The molecule has 0 aliphatic rings. The molecule has 0 bridgehead atoms. The molecule has 2 rings (SSSR count). The van der Waals surface area contributed by atoms with Gasteiger partial charge in [-0.3, -0.25) is 4.79 Å². The Morgan fingerprint density at radius 2 is 1.67 bits per heavy atom. The van der Waals surface area contributed by atoms with Crippen molar-refractivity contribution in [1.29, 1.82) is 0 Å². The molecule has 1 aromatic heterocycles. The summed E-state index contributed by atoms with van der Waals surface area (Å²) in [7, 11) is 0. The molecule has 0 atom stereocenters. The minimum Gasteiger partial charge on any atom is -0.478 e. The van der Waals surface area contributed by atoms with Crippen molar-refractivity contribution >= 4 is 41.0 Å². The molecule has 13 heteroatoms. The number of nitrogens with two attached hydrogens (primary N) is 1. The molecule has 0 aliphatic heterocycles. The number of alkyl halides is 3. The van der Waals surface area contributed by atoms with Gasteiger partial charge in [0.05, 0.1) is 5.02 Å². The number of hydrogen-bond acceptors (Lipinski definition) is 5. The summed E-state index contributed by atoms with van der Waals surface area (Å²) >= 11 is 11.4. The highest BCUT2D eigenvalue weighted by Crippen LogP contribution is 2.41. The van der Waals surface area contributed by atoms with E-state index in [4.69, 9.17) is 28.9 Å². The van der Waals surface area contributed by atoms with Gasteiger partial charge in [0.1, 0.15) is 27.7 Å². The molecule has 0 fully saturated rings. The maximum Gasteiger partial charge on any atom is 0.573 e. The third kappa shape index (κ3) is 4.09. The number of benzene rings is 1. The number of rotatable bonds is 4. The molecule has 0 spiro atoms. The lowest BCUT2D eigenvalue weighted by atomic mass is 9.95. The number of nitrogen functional groups attached to an aromatic ring is 1. The topological polar surface area (TPSA) is 143 Å². The number of pyridine rings is 1. The Labute approximate surface area is 156 Å². The Morgan fingerprint density at radius 3 is 2.15 bits per heavy atom. The van der Waals surface area contributed by atoms with Crippen LogP contribution < -0.4 is 16.0 Å². The normalized spacial score (nSPS) is 11.3. The Balaban J connectivity index is 2.95. The molecule has 5 N–H and O–H groups in total. The highest BCUT2D eigenvalue weighted by Gasteiger charge is 2.34. The Kier molecular flexibility index (Phi) is 5.29. The molecule has 0 saturated heterocycles. The van der Waals surface area contributed by atoms with E-state index < -0.39 is 67.7 Å². The summed E-state index contributed by atoms with van der Waals surface area (Å²) in [6.07, 6.45) is -5.18. The van der Waals surface area contributed by atoms with Crippen LogP contribution in [0, 0.1) is 0 Å². The van der Waals surface area contributed by atoms with Crippen LogP contribution in [0.5, 0.6) is 5.75 Å². The number of hydrogen-bond donors (Lipinski definition) is 4. The second kappa shape index (κ2) is 7.00. The molecular weight excluding hydrogens is 420 g/mol. The van der Waals surface area contributed by atoms with Crippen molar-refractivity contribution in [1.82, 2.24) is 4.98 Å². The number of nitrogens with one attached hydrogen (secondary N) is 1. The number of halogens is 5. The lowest BCUT2D eigenvalue weighted by Crippen LogP contribution is -2.24. The monoisotopic (exact) mass is 426 g/mol. The molecule has 0 saturated carbocycles. The fourth-order valence-electron chi connectivity index (χ4n) is 2.24. The first kappa shape index (κ1) is 20.4. The van der Waals surface area contributed by atoms with Crippen LogP contribution in [0.25, 0.3) is 11.1 Å². The quantitative estimate of drug-likeness (QED) is 0.587. The predicted molar refractivity (Wildman–Crippen MR) is 87.5 cm³/mol. The Bertz CT molecular complexity index is 1020. The smallest absolute Gasteiger partial charge is 0.478 e. The standard InChI is InChI=1S/C14H7Cl2F3N2O6/c15-4-1-3(2-5(9(4)16)27-14(17,18)19)6-7(12(23)24)10(20)21-11(22)8(6)13(25)26/h1-2H,(H,23,24)(H,25,26)(H3,20,21,22). The molecule has 1 aromatic carbocycles. The van der Waals surface area contributed by atoms with E-state index in [1.807, 2.05) is 4.98 Å². The molecule has 27 heavy (non-hydrogen) atoms. The number of H-pyrrole nitrogens is 1. The average Bonchev–Trinajstić information content (AvgIpc) is 2.48. The van der Waals surface area contributed by atoms with Crippen LogP contribution >= 0.6 is 23.2 Å². The van der Waals surface area contributed by atoms with Crippen LogP contribution in [0.4, 0.5) is 19.0 Å². The van der Waals surface area contributed by atoms with Crippen molar-refractivity contribution in [3.05, 3.63) is 43.7 Å². The Hall–Kier alpha value is -2.92. The SMILES string of the molecule is Nc1[nH]c(=O)c(C(=O)O)c(-c2cc(Cl)c(Cl)c(OC(F)(F)F)c2)c1C(=O)O. The van der Waals surface area contributed by atoms with Crippen LogP contribution in [-0.4, -0.2) is 33.5 Å². The van der Waals surface area contributed by atoms with E-state index in [2.05, 4.69) is 4.74 Å². The Morgan fingerprint density at radius 1 is 1.11 bits per heavy atom. The van der Waals surface area contributed by atoms with E-state index in [-0.39, 0.29) is 0 Å². The summed E-state index contributed by atoms with van der Waals surface area (Å²) < 4.78 is 41.3. The second-order valence-electron chi connectivity index (χ2n) is 4.92. The summed E-state index contributed by atoms with van der Waals surface area (Å²) in [6, 6.07) is 1.47. The highest BCUT2D eigenvalue weighted by atomic mass is 35.5. The van der Waals surface area contributed by atoms with Gasteiger partial charge in [-0.1, -0.05) is 23.2 Å². The van der Waals surface area contributed by atoms with Crippen molar-refractivity contribution in [2.75, 3.05) is 5.73 Å².